The van der Waals surface area contributed by atoms with E-state index in [1.807, 2.05) is 0 Å². The van der Waals surface area contributed by atoms with Crippen LogP contribution in [0.1, 0.15) is 34.0 Å². The number of hydrogen-bond donors (Lipinski definition) is 1. The number of carboxylic acids is 1. The summed E-state index contributed by atoms with van der Waals surface area (Å²) in [6, 6.07) is 7.72. The van der Waals surface area contributed by atoms with Gasteiger partial charge in [0.1, 0.15) is 5.71 Å². The molecular formula is C20H14Cl2F3NO3. The summed E-state index contributed by atoms with van der Waals surface area (Å²) in [5, 5.41) is 12.9. The number of carboxylic acid groups (broad SMARTS) is 1. The second-order valence-corrected chi connectivity index (χ2v) is 7.28. The molecule has 0 spiro atoms. The lowest BCUT2D eigenvalue weighted by Gasteiger charge is -2.31. The van der Waals surface area contributed by atoms with Crippen molar-refractivity contribution < 1.29 is 27.9 Å². The van der Waals surface area contributed by atoms with Crippen molar-refractivity contribution in [3.05, 3.63) is 80.3 Å². The normalized spacial score (nSPS) is 20.5. The topological polar surface area (TPSA) is 58.9 Å². The lowest BCUT2D eigenvalue weighted by Crippen LogP contribution is -2.44. The third kappa shape index (κ3) is 3.49. The van der Waals surface area contributed by atoms with Gasteiger partial charge in [-0.3, -0.25) is 0 Å². The summed E-state index contributed by atoms with van der Waals surface area (Å²) in [6.07, 6.45) is -3.63. The van der Waals surface area contributed by atoms with Gasteiger partial charge >= 0.3 is 12.1 Å². The number of allylic oxidation sites excluding steroid dienone is 1. The predicted octanol–water partition coefficient (Wildman–Crippen LogP) is 6.14. The third-order valence-electron chi connectivity index (χ3n) is 4.60. The molecule has 0 amide bonds. The van der Waals surface area contributed by atoms with E-state index in [0.717, 1.165) is 12.1 Å². The minimum Gasteiger partial charge on any atom is -0.478 e. The molecule has 1 aliphatic heterocycles. The molecule has 0 bridgehead atoms. The van der Waals surface area contributed by atoms with E-state index in [1.54, 1.807) is 6.92 Å². The first-order chi connectivity index (χ1) is 13.5. The summed E-state index contributed by atoms with van der Waals surface area (Å²) in [4.78, 5) is 16.3. The highest BCUT2D eigenvalue weighted by atomic mass is 35.5. The largest absolute Gasteiger partial charge is 0.478 e. The Kier molecular flexibility index (Phi) is 5.40. The predicted molar refractivity (Wildman–Crippen MR) is 104 cm³/mol. The number of benzene rings is 2. The van der Waals surface area contributed by atoms with Crippen LogP contribution in [0.25, 0.3) is 0 Å². The van der Waals surface area contributed by atoms with Crippen LogP contribution in [0, 0.1) is 6.92 Å². The molecule has 29 heavy (non-hydrogen) atoms. The van der Waals surface area contributed by atoms with Crippen LogP contribution in [0.2, 0.25) is 10.0 Å². The molecule has 0 aromatic heterocycles. The molecule has 2 aromatic carbocycles. The Labute approximate surface area is 174 Å². The van der Waals surface area contributed by atoms with Crippen molar-refractivity contribution >= 4 is 34.9 Å². The van der Waals surface area contributed by atoms with Gasteiger partial charge in [-0.25, -0.2) is 4.79 Å². The molecule has 0 aliphatic carbocycles. The van der Waals surface area contributed by atoms with Gasteiger partial charge in [0.05, 0.1) is 5.56 Å². The first kappa shape index (κ1) is 21.2. The van der Waals surface area contributed by atoms with Gasteiger partial charge in [-0.2, -0.15) is 13.2 Å². The lowest BCUT2D eigenvalue weighted by molar-refractivity contribution is -0.261. The molecule has 152 valence electrons. The maximum absolute atomic E-state index is 14.3. The number of aromatic carboxylic acids is 1. The molecule has 0 saturated heterocycles. The van der Waals surface area contributed by atoms with Crippen LogP contribution in [0.3, 0.4) is 0 Å². The highest BCUT2D eigenvalue weighted by molar-refractivity contribution is 6.34. The number of carbonyl (C=O) groups is 1. The van der Waals surface area contributed by atoms with E-state index >= 15 is 0 Å². The standard InChI is InChI=1S/C20H14Cl2F3NO3/c1-3-16-17(11-4-5-15(18(27)28)10(2)6-11)26-29-19(16,20(23,24)25)12-7-13(21)9-14(22)8-12/h3-9H,1-2H3,(H,27,28). The van der Waals surface area contributed by atoms with Crippen molar-refractivity contribution in [1.82, 2.24) is 0 Å². The molecule has 9 heteroatoms. The Morgan fingerprint density at radius 3 is 2.28 bits per heavy atom. The molecule has 4 nitrogen and oxygen atoms in total. The second kappa shape index (κ2) is 7.39. The van der Waals surface area contributed by atoms with Crippen LogP contribution in [-0.2, 0) is 10.4 Å². The van der Waals surface area contributed by atoms with Crippen LogP contribution in [0.15, 0.2) is 53.2 Å². The van der Waals surface area contributed by atoms with Gasteiger partial charge in [0.15, 0.2) is 0 Å². The van der Waals surface area contributed by atoms with Crippen LogP contribution in [-0.4, -0.2) is 23.0 Å². The zero-order valence-corrected chi connectivity index (χ0v) is 16.7. The molecule has 1 unspecified atom stereocenters. The number of aryl methyl sites for hydroxylation is 1. The SMILES string of the molecule is CC=C1C(c2ccc(C(=O)O)c(C)c2)=NOC1(c1cc(Cl)cc(Cl)c1)C(F)(F)F. The van der Waals surface area contributed by atoms with E-state index in [4.69, 9.17) is 28.0 Å². The van der Waals surface area contributed by atoms with Gasteiger partial charge < -0.3 is 9.94 Å². The molecule has 0 saturated carbocycles. The Bertz CT molecular complexity index is 1040. The summed E-state index contributed by atoms with van der Waals surface area (Å²) >= 11 is 11.9. The molecule has 1 heterocycles. The summed E-state index contributed by atoms with van der Waals surface area (Å²) in [5.41, 5.74) is -2.80. The average molecular weight is 444 g/mol. The zero-order chi connectivity index (χ0) is 21.6. The van der Waals surface area contributed by atoms with Crippen LogP contribution in [0.5, 0.6) is 0 Å². The molecule has 0 radical (unpaired) electrons. The summed E-state index contributed by atoms with van der Waals surface area (Å²) in [6.45, 7) is 2.98. The van der Waals surface area contributed by atoms with E-state index in [-0.39, 0.29) is 32.5 Å². The molecule has 2 aromatic rings. The fourth-order valence-corrected chi connectivity index (χ4v) is 3.84. The van der Waals surface area contributed by atoms with Crippen molar-refractivity contribution in [3.8, 4) is 0 Å². The fourth-order valence-electron chi connectivity index (χ4n) is 3.31. The molecule has 1 aliphatic rings. The van der Waals surface area contributed by atoms with Crippen LogP contribution >= 0.6 is 23.2 Å². The Balaban J connectivity index is 2.19. The van der Waals surface area contributed by atoms with Gasteiger partial charge in [-0.1, -0.05) is 40.5 Å². The number of rotatable bonds is 3. The van der Waals surface area contributed by atoms with Crippen molar-refractivity contribution in [2.45, 2.75) is 25.6 Å². The van der Waals surface area contributed by atoms with Gasteiger partial charge in [0, 0.05) is 26.7 Å². The molecule has 1 N–H and O–H groups in total. The molecule has 3 rings (SSSR count). The number of oxime groups is 1. The minimum atomic E-state index is -4.88. The summed E-state index contributed by atoms with van der Waals surface area (Å²) < 4.78 is 43.0. The quantitative estimate of drug-likeness (QED) is 0.619. The van der Waals surface area contributed by atoms with E-state index in [9.17, 15) is 23.1 Å². The first-order valence-corrected chi connectivity index (χ1v) is 9.07. The van der Waals surface area contributed by atoms with Crippen LogP contribution < -0.4 is 0 Å². The maximum Gasteiger partial charge on any atom is 0.440 e. The van der Waals surface area contributed by atoms with Gasteiger partial charge in [0.2, 0.25) is 0 Å². The number of hydrogen-bond acceptors (Lipinski definition) is 3. The second-order valence-electron chi connectivity index (χ2n) is 6.41. The minimum absolute atomic E-state index is 0.0188. The van der Waals surface area contributed by atoms with E-state index in [0.29, 0.717) is 11.1 Å². The zero-order valence-electron chi connectivity index (χ0n) is 15.1. The van der Waals surface area contributed by atoms with Gasteiger partial charge in [0.25, 0.3) is 5.60 Å². The first-order valence-electron chi connectivity index (χ1n) is 8.32. The smallest absolute Gasteiger partial charge is 0.440 e. The van der Waals surface area contributed by atoms with Crippen molar-refractivity contribution in [2.24, 2.45) is 5.16 Å². The number of alkyl halides is 3. The van der Waals surface area contributed by atoms with E-state index in [1.165, 1.54) is 37.3 Å². The van der Waals surface area contributed by atoms with Crippen LogP contribution in [0.4, 0.5) is 13.2 Å². The Morgan fingerprint density at radius 2 is 1.79 bits per heavy atom. The third-order valence-corrected chi connectivity index (χ3v) is 5.03. The lowest BCUT2D eigenvalue weighted by atomic mass is 9.81. The van der Waals surface area contributed by atoms with Gasteiger partial charge in [-0.15, -0.1) is 0 Å². The summed E-state index contributed by atoms with van der Waals surface area (Å²) in [5.74, 6) is -1.14. The molecular weight excluding hydrogens is 430 g/mol. The van der Waals surface area contributed by atoms with Crippen molar-refractivity contribution in [3.63, 3.8) is 0 Å². The Morgan fingerprint density at radius 1 is 1.17 bits per heavy atom. The van der Waals surface area contributed by atoms with E-state index < -0.39 is 17.7 Å². The van der Waals surface area contributed by atoms with Gasteiger partial charge in [-0.05, 0) is 49.7 Å². The summed E-state index contributed by atoms with van der Waals surface area (Å²) in [7, 11) is 0. The monoisotopic (exact) mass is 443 g/mol. The van der Waals surface area contributed by atoms with Crippen molar-refractivity contribution in [2.75, 3.05) is 0 Å². The fraction of sp³-hybridized carbons (Fsp3) is 0.200. The number of nitrogens with zero attached hydrogens (tertiary/aromatic N) is 1. The molecule has 0 fully saturated rings. The number of halogens is 5. The highest BCUT2D eigenvalue weighted by Crippen LogP contribution is 2.52. The Hall–Kier alpha value is -2.51. The molecule has 1 atom stereocenters. The highest BCUT2D eigenvalue weighted by Gasteiger charge is 2.65. The maximum atomic E-state index is 14.3. The average Bonchev–Trinajstić information content (AvgIpc) is 3.00. The van der Waals surface area contributed by atoms with Crippen molar-refractivity contribution in [1.29, 1.82) is 0 Å². The van der Waals surface area contributed by atoms with E-state index in [2.05, 4.69) is 5.16 Å².